The van der Waals surface area contributed by atoms with E-state index in [0.29, 0.717) is 5.02 Å². The minimum absolute atomic E-state index is 0.116. The first-order valence-corrected chi connectivity index (χ1v) is 8.14. The van der Waals surface area contributed by atoms with Crippen LogP contribution in [0.1, 0.15) is 5.69 Å². The molecule has 2 aromatic carbocycles. The molecule has 3 aromatic rings. The Morgan fingerprint density at radius 2 is 1.74 bits per heavy atom. The molecule has 0 aliphatic heterocycles. The summed E-state index contributed by atoms with van der Waals surface area (Å²) >= 11 is 7.36. The largest absolute Gasteiger partial charge is 0.497 e. The Bertz CT molecular complexity index is 814. The van der Waals surface area contributed by atoms with E-state index in [1.165, 1.54) is 16.4 Å². The highest BCUT2D eigenvalue weighted by atomic mass is 35.5. The van der Waals surface area contributed by atoms with E-state index < -0.39 is 0 Å². The maximum atomic E-state index is 10.5. The number of aromatic nitrogens is 2. The summed E-state index contributed by atoms with van der Waals surface area (Å²) in [5.41, 5.74) is 1.52. The third-order valence-electron chi connectivity index (χ3n) is 3.33. The van der Waals surface area contributed by atoms with Gasteiger partial charge < -0.3 is 9.84 Å². The molecule has 0 fully saturated rings. The molecule has 0 amide bonds. The van der Waals surface area contributed by atoms with Crippen LogP contribution in [0.3, 0.4) is 0 Å². The number of hydrogen-bond acceptors (Lipinski definition) is 4. The average molecular weight is 347 g/mol. The van der Waals surface area contributed by atoms with Gasteiger partial charge in [-0.15, -0.1) is 0 Å². The zero-order chi connectivity index (χ0) is 16.4. The predicted octanol–water partition coefficient (Wildman–Crippen LogP) is 4.70. The third-order valence-corrected chi connectivity index (χ3v) is 4.77. The van der Waals surface area contributed by atoms with Gasteiger partial charge in [-0.2, -0.15) is 9.78 Å². The zero-order valence-corrected chi connectivity index (χ0v) is 14.2. The van der Waals surface area contributed by atoms with E-state index in [2.05, 4.69) is 5.10 Å². The number of rotatable bonds is 4. The van der Waals surface area contributed by atoms with Gasteiger partial charge in [0.1, 0.15) is 5.75 Å². The van der Waals surface area contributed by atoms with Crippen molar-refractivity contribution in [2.45, 2.75) is 16.7 Å². The molecule has 1 aromatic heterocycles. The lowest BCUT2D eigenvalue weighted by molar-refractivity contribution is 0.414. The predicted molar refractivity (Wildman–Crippen MR) is 92.1 cm³/mol. The molecule has 118 valence electrons. The number of hydrogen-bond donors (Lipinski definition) is 1. The normalized spacial score (nSPS) is 10.7. The van der Waals surface area contributed by atoms with E-state index >= 15 is 0 Å². The van der Waals surface area contributed by atoms with Gasteiger partial charge in [-0.1, -0.05) is 23.4 Å². The van der Waals surface area contributed by atoms with Gasteiger partial charge in [-0.25, -0.2) is 0 Å². The summed E-state index contributed by atoms with van der Waals surface area (Å²) in [6.07, 6.45) is 0. The maximum Gasteiger partial charge on any atom is 0.228 e. The molecular formula is C17H15ClN2O2S. The number of nitrogens with zero attached hydrogens (tertiary/aromatic N) is 2. The van der Waals surface area contributed by atoms with Crippen LogP contribution in [0, 0.1) is 6.92 Å². The van der Waals surface area contributed by atoms with Gasteiger partial charge in [-0.3, -0.25) is 0 Å². The fourth-order valence-electron chi connectivity index (χ4n) is 2.14. The van der Waals surface area contributed by atoms with E-state index in [4.69, 9.17) is 16.3 Å². The fraction of sp³-hybridized carbons (Fsp3) is 0.118. The van der Waals surface area contributed by atoms with Crippen LogP contribution >= 0.6 is 23.4 Å². The van der Waals surface area contributed by atoms with E-state index in [9.17, 15) is 5.11 Å². The molecule has 0 spiro atoms. The fourth-order valence-corrected chi connectivity index (χ4v) is 3.14. The Morgan fingerprint density at radius 1 is 1.09 bits per heavy atom. The van der Waals surface area contributed by atoms with Crippen molar-refractivity contribution in [3.05, 3.63) is 59.2 Å². The number of aryl methyl sites for hydroxylation is 1. The van der Waals surface area contributed by atoms with Crippen molar-refractivity contribution >= 4 is 23.4 Å². The molecule has 0 radical (unpaired) electrons. The van der Waals surface area contributed by atoms with E-state index in [1.807, 2.05) is 43.3 Å². The van der Waals surface area contributed by atoms with Crippen molar-refractivity contribution in [3.63, 3.8) is 0 Å². The lowest BCUT2D eigenvalue weighted by Crippen LogP contribution is -1.95. The lowest BCUT2D eigenvalue weighted by Gasteiger charge is -2.05. The molecule has 0 bridgehead atoms. The van der Waals surface area contributed by atoms with E-state index in [-0.39, 0.29) is 5.88 Å². The molecule has 6 heteroatoms. The second-order valence-corrected chi connectivity index (χ2v) is 6.42. The molecule has 0 atom stereocenters. The van der Waals surface area contributed by atoms with Crippen molar-refractivity contribution in [2.24, 2.45) is 0 Å². The Labute approximate surface area is 143 Å². The summed E-state index contributed by atoms with van der Waals surface area (Å²) in [7, 11) is 1.63. The minimum Gasteiger partial charge on any atom is -0.497 e. The van der Waals surface area contributed by atoms with Crippen molar-refractivity contribution in [2.75, 3.05) is 7.11 Å². The van der Waals surface area contributed by atoms with Gasteiger partial charge in [0.05, 0.1) is 23.4 Å². The smallest absolute Gasteiger partial charge is 0.228 e. The molecule has 1 heterocycles. The van der Waals surface area contributed by atoms with Gasteiger partial charge in [0.15, 0.2) is 0 Å². The summed E-state index contributed by atoms with van der Waals surface area (Å²) in [6, 6.07) is 14.8. The highest BCUT2D eigenvalue weighted by Gasteiger charge is 2.17. The van der Waals surface area contributed by atoms with Gasteiger partial charge in [0.25, 0.3) is 0 Å². The Hall–Kier alpha value is -2.11. The van der Waals surface area contributed by atoms with Crippen molar-refractivity contribution in [1.82, 2.24) is 9.78 Å². The standard InChI is InChI=1S/C17H15ClN2O2S/c1-11-16(23-15-9-7-14(22-2)8-10-15)17(21)20(19-11)13-5-3-12(18)4-6-13/h3-10,21H,1-2H3. The van der Waals surface area contributed by atoms with Crippen molar-refractivity contribution in [3.8, 4) is 17.3 Å². The number of benzene rings is 2. The van der Waals surface area contributed by atoms with Crippen LogP contribution in [0.5, 0.6) is 11.6 Å². The van der Waals surface area contributed by atoms with Gasteiger partial charge in [0.2, 0.25) is 5.88 Å². The van der Waals surface area contributed by atoms with Gasteiger partial charge >= 0.3 is 0 Å². The third kappa shape index (κ3) is 3.30. The highest BCUT2D eigenvalue weighted by molar-refractivity contribution is 7.99. The summed E-state index contributed by atoms with van der Waals surface area (Å²) in [6.45, 7) is 1.87. The van der Waals surface area contributed by atoms with E-state index in [0.717, 1.165) is 26.9 Å². The van der Waals surface area contributed by atoms with Gasteiger partial charge in [-0.05, 0) is 55.5 Å². The van der Waals surface area contributed by atoms with Crippen molar-refractivity contribution < 1.29 is 9.84 Å². The van der Waals surface area contributed by atoms with Crippen molar-refractivity contribution in [1.29, 1.82) is 0 Å². The first-order chi connectivity index (χ1) is 11.1. The van der Waals surface area contributed by atoms with Crippen LogP contribution in [0.2, 0.25) is 5.02 Å². The Balaban J connectivity index is 1.92. The molecule has 4 nitrogen and oxygen atoms in total. The summed E-state index contributed by atoms with van der Waals surface area (Å²) < 4.78 is 6.66. The number of aromatic hydroxyl groups is 1. The molecule has 0 saturated carbocycles. The molecule has 23 heavy (non-hydrogen) atoms. The topological polar surface area (TPSA) is 47.3 Å². The van der Waals surface area contributed by atoms with Crippen LogP contribution in [-0.2, 0) is 0 Å². The van der Waals surface area contributed by atoms with Crippen LogP contribution in [0.4, 0.5) is 0 Å². The summed E-state index contributed by atoms with van der Waals surface area (Å²) in [5, 5.41) is 15.6. The monoisotopic (exact) mass is 346 g/mol. The van der Waals surface area contributed by atoms with Crippen LogP contribution < -0.4 is 4.74 Å². The summed E-state index contributed by atoms with van der Waals surface area (Å²) in [4.78, 5) is 1.73. The van der Waals surface area contributed by atoms with Gasteiger partial charge in [0, 0.05) is 9.92 Å². The summed E-state index contributed by atoms with van der Waals surface area (Å²) in [5.74, 6) is 0.915. The molecule has 0 saturated heterocycles. The number of halogens is 1. The first kappa shape index (κ1) is 15.8. The Morgan fingerprint density at radius 3 is 2.35 bits per heavy atom. The van der Waals surface area contributed by atoms with Crippen LogP contribution in [-0.4, -0.2) is 22.0 Å². The van der Waals surface area contributed by atoms with Crippen LogP contribution in [0.25, 0.3) is 5.69 Å². The second kappa shape index (κ2) is 6.56. The maximum absolute atomic E-state index is 10.5. The molecular weight excluding hydrogens is 332 g/mol. The molecule has 3 rings (SSSR count). The lowest BCUT2D eigenvalue weighted by atomic mass is 10.3. The number of methoxy groups -OCH3 is 1. The molecule has 0 aliphatic carbocycles. The van der Waals surface area contributed by atoms with E-state index in [1.54, 1.807) is 19.2 Å². The highest BCUT2D eigenvalue weighted by Crippen LogP contribution is 2.38. The first-order valence-electron chi connectivity index (χ1n) is 6.95. The van der Waals surface area contributed by atoms with Crippen LogP contribution in [0.15, 0.2) is 58.3 Å². The quantitative estimate of drug-likeness (QED) is 0.743. The number of ether oxygens (including phenoxy) is 1. The zero-order valence-electron chi connectivity index (χ0n) is 12.7. The SMILES string of the molecule is COc1ccc(Sc2c(C)nn(-c3ccc(Cl)cc3)c2O)cc1. The second-order valence-electron chi connectivity index (χ2n) is 4.90. The molecule has 1 N–H and O–H groups in total. The molecule has 0 aliphatic rings. The Kier molecular flexibility index (Phi) is 4.50. The molecule has 0 unspecified atom stereocenters. The minimum atomic E-state index is 0.116. The average Bonchev–Trinajstić information content (AvgIpc) is 2.84.